The van der Waals surface area contributed by atoms with E-state index < -0.39 is 15.3 Å². The van der Waals surface area contributed by atoms with Crippen LogP contribution in [0.25, 0.3) is 0 Å². The van der Waals surface area contributed by atoms with E-state index in [0.29, 0.717) is 17.3 Å². The van der Waals surface area contributed by atoms with Gasteiger partial charge in [-0.1, -0.05) is 23.7 Å². The molecular weight excluding hydrogens is 274 g/mol. The lowest BCUT2D eigenvalue weighted by atomic mass is 10.3. The highest BCUT2D eigenvalue weighted by Crippen LogP contribution is 2.22. The standard InChI is InChI=1S/C12H18ClNO3S/c1-10(2)18(15,16)14(3)8-9-17-12-7-5-4-6-11(12)13/h4-7,10H,8-9H2,1-3H3. The van der Waals surface area contributed by atoms with Gasteiger partial charge in [0.05, 0.1) is 10.3 Å². The molecule has 0 bridgehead atoms. The molecule has 4 nitrogen and oxygen atoms in total. The Morgan fingerprint density at radius 1 is 1.33 bits per heavy atom. The zero-order chi connectivity index (χ0) is 13.8. The van der Waals surface area contributed by atoms with Gasteiger partial charge in [0.15, 0.2) is 0 Å². The summed E-state index contributed by atoms with van der Waals surface area (Å²) >= 11 is 5.92. The predicted octanol–water partition coefficient (Wildman–Crippen LogP) is 2.39. The number of sulfonamides is 1. The number of para-hydroxylation sites is 1. The Kier molecular flexibility index (Phi) is 5.44. The monoisotopic (exact) mass is 291 g/mol. The number of hydrogen-bond donors (Lipinski definition) is 0. The molecule has 0 N–H and O–H groups in total. The van der Waals surface area contributed by atoms with Gasteiger partial charge in [0.1, 0.15) is 12.4 Å². The minimum atomic E-state index is -3.22. The Balaban J connectivity index is 2.51. The van der Waals surface area contributed by atoms with E-state index >= 15 is 0 Å². The first-order chi connectivity index (χ1) is 8.35. The van der Waals surface area contributed by atoms with E-state index in [1.807, 2.05) is 12.1 Å². The van der Waals surface area contributed by atoms with Crippen molar-refractivity contribution in [3.05, 3.63) is 29.3 Å². The van der Waals surface area contributed by atoms with Gasteiger partial charge in [-0.2, -0.15) is 0 Å². The topological polar surface area (TPSA) is 46.6 Å². The summed E-state index contributed by atoms with van der Waals surface area (Å²) in [4.78, 5) is 0. The average Bonchev–Trinajstić information content (AvgIpc) is 2.31. The first-order valence-corrected chi connectivity index (χ1v) is 7.56. The van der Waals surface area contributed by atoms with Crippen LogP contribution in [-0.4, -0.2) is 38.2 Å². The van der Waals surface area contributed by atoms with Gasteiger partial charge in [0.2, 0.25) is 10.0 Å². The first-order valence-electron chi connectivity index (χ1n) is 5.68. The largest absolute Gasteiger partial charge is 0.491 e. The van der Waals surface area contributed by atoms with Crippen molar-refractivity contribution in [3.8, 4) is 5.75 Å². The Labute approximate surface area is 114 Å². The SMILES string of the molecule is CC(C)S(=O)(=O)N(C)CCOc1ccccc1Cl. The molecule has 6 heteroatoms. The second-order valence-corrected chi connectivity index (χ2v) is 7.20. The molecule has 102 valence electrons. The van der Waals surface area contributed by atoms with Crippen molar-refractivity contribution in [2.45, 2.75) is 19.1 Å². The third kappa shape index (κ3) is 3.86. The fraction of sp³-hybridized carbons (Fsp3) is 0.500. The molecule has 18 heavy (non-hydrogen) atoms. The third-order valence-electron chi connectivity index (χ3n) is 2.53. The lowest BCUT2D eigenvalue weighted by Crippen LogP contribution is -2.35. The normalized spacial score (nSPS) is 12.1. The second-order valence-electron chi connectivity index (χ2n) is 4.19. The van der Waals surface area contributed by atoms with E-state index in [4.69, 9.17) is 16.3 Å². The van der Waals surface area contributed by atoms with Crippen molar-refractivity contribution >= 4 is 21.6 Å². The maximum absolute atomic E-state index is 11.8. The van der Waals surface area contributed by atoms with Gasteiger partial charge in [-0.05, 0) is 26.0 Å². The molecule has 0 unspecified atom stereocenters. The summed E-state index contributed by atoms with van der Waals surface area (Å²) in [6.07, 6.45) is 0. The fourth-order valence-corrected chi connectivity index (χ4v) is 2.57. The van der Waals surface area contributed by atoms with Crippen molar-refractivity contribution in [2.75, 3.05) is 20.2 Å². The van der Waals surface area contributed by atoms with Crippen molar-refractivity contribution in [2.24, 2.45) is 0 Å². The Morgan fingerprint density at radius 2 is 1.94 bits per heavy atom. The zero-order valence-electron chi connectivity index (χ0n) is 10.8. The number of hydrogen-bond acceptors (Lipinski definition) is 3. The second kappa shape index (κ2) is 6.41. The molecule has 1 aromatic carbocycles. The van der Waals surface area contributed by atoms with Crippen LogP contribution in [0.2, 0.25) is 5.02 Å². The van der Waals surface area contributed by atoms with Crippen LogP contribution in [0.15, 0.2) is 24.3 Å². The Hall–Kier alpha value is -0.780. The fourth-order valence-electron chi connectivity index (χ4n) is 1.33. The van der Waals surface area contributed by atoms with Gasteiger partial charge >= 0.3 is 0 Å². The zero-order valence-corrected chi connectivity index (χ0v) is 12.3. The van der Waals surface area contributed by atoms with Crippen LogP contribution >= 0.6 is 11.6 Å². The summed E-state index contributed by atoms with van der Waals surface area (Å²) in [7, 11) is -1.67. The molecule has 0 aliphatic carbocycles. The number of likely N-dealkylation sites (N-methyl/N-ethyl adjacent to an activating group) is 1. The van der Waals surface area contributed by atoms with E-state index in [1.165, 1.54) is 4.31 Å². The summed E-state index contributed by atoms with van der Waals surface area (Å²) < 4.78 is 30.3. The van der Waals surface area contributed by atoms with Gasteiger partial charge in [-0.15, -0.1) is 0 Å². The van der Waals surface area contributed by atoms with Crippen molar-refractivity contribution in [1.82, 2.24) is 4.31 Å². The van der Waals surface area contributed by atoms with E-state index in [9.17, 15) is 8.42 Å². The molecule has 0 heterocycles. The highest BCUT2D eigenvalue weighted by Gasteiger charge is 2.21. The maximum Gasteiger partial charge on any atom is 0.216 e. The van der Waals surface area contributed by atoms with Crippen LogP contribution in [0.4, 0.5) is 0 Å². The molecule has 0 atom stereocenters. The number of nitrogens with zero attached hydrogens (tertiary/aromatic N) is 1. The molecule has 0 aliphatic rings. The van der Waals surface area contributed by atoms with Gasteiger partial charge in [0, 0.05) is 13.6 Å². The Bertz CT molecular complexity index is 488. The van der Waals surface area contributed by atoms with Crippen molar-refractivity contribution in [3.63, 3.8) is 0 Å². The van der Waals surface area contributed by atoms with Gasteiger partial charge in [0.25, 0.3) is 0 Å². The quantitative estimate of drug-likeness (QED) is 0.808. The van der Waals surface area contributed by atoms with E-state index in [0.717, 1.165) is 0 Å². The van der Waals surface area contributed by atoms with Crippen LogP contribution in [-0.2, 0) is 10.0 Å². The highest BCUT2D eigenvalue weighted by atomic mass is 35.5. The molecule has 0 aromatic heterocycles. The number of rotatable bonds is 6. The highest BCUT2D eigenvalue weighted by molar-refractivity contribution is 7.89. The van der Waals surface area contributed by atoms with Crippen LogP contribution in [0.5, 0.6) is 5.75 Å². The molecule has 0 fully saturated rings. The number of benzene rings is 1. The molecule has 0 amide bonds. The van der Waals surface area contributed by atoms with Crippen LogP contribution in [0, 0.1) is 0 Å². The summed E-state index contributed by atoms with van der Waals surface area (Å²) in [5.41, 5.74) is 0. The van der Waals surface area contributed by atoms with E-state index in [-0.39, 0.29) is 6.61 Å². The maximum atomic E-state index is 11.8. The van der Waals surface area contributed by atoms with Crippen molar-refractivity contribution in [1.29, 1.82) is 0 Å². The molecule has 0 saturated heterocycles. The molecule has 0 radical (unpaired) electrons. The molecule has 0 aliphatic heterocycles. The van der Waals surface area contributed by atoms with Gasteiger partial charge in [-0.3, -0.25) is 0 Å². The Morgan fingerprint density at radius 3 is 2.50 bits per heavy atom. The lowest BCUT2D eigenvalue weighted by molar-refractivity contribution is 0.286. The molecule has 1 rings (SSSR count). The van der Waals surface area contributed by atoms with Crippen LogP contribution in [0.1, 0.15) is 13.8 Å². The lowest BCUT2D eigenvalue weighted by Gasteiger charge is -2.19. The number of ether oxygens (including phenoxy) is 1. The van der Waals surface area contributed by atoms with Crippen LogP contribution < -0.4 is 4.74 Å². The minimum absolute atomic E-state index is 0.270. The predicted molar refractivity (Wildman–Crippen MR) is 73.6 cm³/mol. The summed E-state index contributed by atoms with van der Waals surface area (Å²) in [6.45, 7) is 3.87. The third-order valence-corrected chi connectivity index (χ3v) is 5.09. The van der Waals surface area contributed by atoms with Gasteiger partial charge < -0.3 is 4.74 Å². The molecular formula is C12H18ClNO3S. The number of halogens is 1. The minimum Gasteiger partial charge on any atom is -0.491 e. The smallest absolute Gasteiger partial charge is 0.216 e. The average molecular weight is 292 g/mol. The summed E-state index contributed by atoms with van der Waals surface area (Å²) in [6, 6.07) is 7.10. The molecule has 0 saturated carbocycles. The van der Waals surface area contributed by atoms with Crippen molar-refractivity contribution < 1.29 is 13.2 Å². The van der Waals surface area contributed by atoms with E-state index in [2.05, 4.69) is 0 Å². The summed E-state index contributed by atoms with van der Waals surface area (Å²) in [5.74, 6) is 0.564. The van der Waals surface area contributed by atoms with Gasteiger partial charge in [-0.25, -0.2) is 12.7 Å². The van der Waals surface area contributed by atoms with E-state index in [1.54, 1.807) is 33.0 Å². The first kappa shape index (κ1) is 15.3. The molecule has 0 spiro atoms. The summed E-state index contributed by atoms with van der Waals surface area (Å²) in [5, 5.41) is 0.0923. The van der Waals surface area contributed by atoms with Crippen LogP contribution in [0.3, 0.4) is 0 Å². The molecule has 1 aromatic rings.